The van der Waals surface area contributed by atoms with Gasteiger partial charge in [0.25, 0.3) is 0 Å². The summed E-state index contributed by atoms with van der Waals surface area (Å²) in [6, 6.07) is 12.4. The van der Waals surface area contributed by atoms with Gasteiger partial charge in [-0.3, -0.25) is 4.28 Å². The molecule has 10 heteroatoms. The number of rotatable bonds is 4. The van der Waals surface area contributed by atoms with Gasteiger partial charge in [-0.2, -0.15) is 26.9 Å². The van der Waals surface area contributed by atoms with Gasteiger partial charge in [0, 0.05) is 4.91 Å². The van der Waals surface area contributed by atoms with Crippen molar-refractivity contribution in [3.05, 3.63) is 82.3 Å². The topological polar surface area (TPSA) is 79.5 Å². The number of benzene rings is 2. The molecule has 1 aliphatic heterocycles. The molecule has 0 unspecified atom stereocenters. The molecule has 0 bridgehead atoms. The van der Waals surface area contributed by atoms with E-state index in [0.717, 1.165) is 35.0 Å². The van der Waals surface area contributed by atoms with Crippen molar-refractivity contribution in [2.45, 2.75) is 18.0 Å². The Hall–Kier alpha value is -3.03. The second-order valence-corrected chi connectivity index (χ2v) is 8.67. The van der Waals surface area contributed by atoms with Crippen LogP contribution in [0.3, 0.4) is 0 Å². The molecular formula is C20H13F3N2O3S2. The van der Waals surface area contributed by atoms with Crippen molar-refractivity contribution in [2.24, 2.45) is 5.16 Å². The molecule has 0 atom stereocenters. The highest BCUT2D eigenvalue weighted by Gasteiger charge is 2.31. The summed E-state index contributed by atoms with van der Waals surface area (Å²) in [4.78, 5) is 0.112. The first-order valence-corrected chi connectivity index (χ1v) is 10.6. The Labute approximate surface area is 175 Å². The number of halogens is 3. The van der Waals surface area contributed by atoms with Crippen LogP contribution in [-0.2, 0) is 20.6 Å². The van der Waals surface area contributed by atoms with Crippen LogP contribution in [-0.4, -0.2) is 13.5 Å². The molecule has 0 saturated heterocycles. The Morgan fingerprint density at radius 1 is 1.10 bits per heavy atom. The minimum atomic E-state index is -4.58. The number of hydrogen-bond donors (Lipinski definition) is 0. The van der Waals surface area contributed by atoms with E-state index in [1.54, 1.807) is 18.2 Å². The number of hydrogen-bond acceptors (Lipinski definition) is 6. The monoisotopic (exact) mass is 450 g/mol. The van der Waals surface area contributed by atoms with Gasteiger partial charge >= 0.3 is 16.3 Å². The van der Waals surface area contributed by atoms with Crippen molar-refractivity contribution in [3.63, 3.8) is 0 Å². The van der Waals surface area contributed by atoms with E-state index in [1.807, 2.05) is 19.1 Å². The molecule has 0 N–H and O–H groups in total. The normalized spacial score (nSPS) is 17.1. The third kappa shape index (κ3) is 4.75. The predicted molar refractivity (Wildman–Crippen MR) is 108 cm³/mol. The van der Waals surface area contributed by atoms with Crippen LogP contribution in [0.2, 0.25) is 0 Å². The summed E-state index contributed by atoms with van der Waals surface area (Å²) >= 11 is 1.05. The fraction of sp³-hybridized carbons (Fsp3) is 0.100. The molecule has 0 aliphatic carbocycles. The molecule has 1 aliphatic rings. The van der Waals surface area contributed by atoms with Crippen LogP contribution >= 0.6 is 11.8 Å². The van der Waals surface area contributed by atoms with E-state index in [-0.39, 0.29) is 5.04 Å². The highest BCUT2D eigenvalue weighted by atomic mass is 32.2. The second-order valence-electron chi connectivity index (χ2n) is 6.08. The lowest BCUT2D eigenvalue weighted by atomic mass is 10.0. The molecule has 0 spiro atoms. The standard InChI is InChI=1S/C20H13F3N2O3S2/c1-13-4-2-3-5-16(13)17(12-24)18-10-11-19(29-18)25-28-30(26,27)15-8-6-14(7-9-15)20(21,22)23/h2-11H,1H3. The maximum atomic E-state index is 12.6. The molecule has 0 amide bonds. The zero-order chi connectivity index (χ0) is 21.9. The van der Waals surface area contributed by atoms with Gasteiger partial charge in [-0.25, -0.2) is 0 Å². The van der Waals surface area contributed by atoms with E-state index in [4.69, 9.17) is 0 Å². The zero-order valence-corrected chi connectivity index (χ0v) is 17.0. The Balaban J connectivity index is 1.79. The molecule has 1 heterocycles. The summed E-state index contributed by atoms with van der Waals surface area (Å²) in [6.45, 7) is 1.87. The minimum absolute atomic E-state index is 0.182. The molecule has 0 radical (unpaired) electrons. The minimum Gasteiger partial charge on any atom is -0.264 e. The third-order valence-corrected chi connectivity index (χ3v) is 6.16. The molecule has 2 aromatic carbocycles. The zero-order valence-electron chi connectivity index (χ0n) is 15.3. The average molecular weight is 450 g/mol. The summed E-state index contributed by atoms with van der Waals surface area (Å²) in [6.07, 6.45) is -1.48. The number of allylic oxidation sites excluding steroid dienone is 2. The maximum absolute atomic E-state index is 12.6. The van der Waals surface area contributed by atoms with Crippen LogP contribution in [0.5, 0.6) is 0 Å². The molecule has 0 fully saturated rings. The number of thioether (sulfide) groups is 1. The molecule has 0 aromatic heterocycles. The van der Waals surface area contributed by atoms with Crippen molar-refractivity contribution in [3.8, 4) is 6.07 Å². The third-order valence-electron chi connectivity index (χ3n) is 4.06. The average Bonchev–Trinajstić information content (AvgIpc) is 3.17. The SMILES string of the molecule is Cc1ccccc1C(C#N)=C1C=CC(=NOS(=O)(=O)c2ccc(C(F)(F)F)cc2)S1. The van der Waals surface area contributed by atoms with Gasteiger partial charge in [0.15, 0.2) is 0 Å². The lowest BCUT2D eigenvalue weighted by Gasteiger charge is -2.07. The van der Waals surface area contributed by atoms with Crippen molar-refractivity contribution < 1.29 is 25.9 Å². The van der Waals surface area contributed by atoms with Crippen molar-refractivity contribution in [1.82, 2.24) is 0 Å². The lowest BCUT2D eigenvalue weighted by Crippen LogP contribution is -2.07. The van der Waals surface area contributed by atoms with Crippen LogP contribution in [0, 0.1) is 18.3 Å². The Bertz CT molecular complexity index is 1210. The van der Waals surface area contributed by atoms with Gasteiger partial charge in [-0.1, -0.05) is 41.2 Å². The maximum Gasteiger partial charge on any atom is 0.416 e. The van der Waals surface area contributed by atoms with Crippen LogP contribution in [0.15, 0.2) is 75.6 Å². The molecule has 30 heavy (non-hydrogen) atoms. The molecule has 2 aromatic rings. The lowest BCUT2D eigenvalue weighted by molar-refractivity contribution is -0.137. The summed E-state index contributed by atoms with van der Waals surface area (Å²) in [5, 5.41) is 13.3. The molecule has 3 rings (SSSR count). The van der Waals surface area contributed by atoms with E-state index in [1.165, 1.54) is 6.08 Å². The largest absolute Gasteiger partial charge is 0.416 e. The van der Waals surface area contributed by atoms with Crippen molar-refractivity contribution in [1.29, 1.82) is 5.26 Å². The number of alkyl halides is 3. The first-order valence-electron chi connectivity index (χ1n) is 8.37. The van der Waals surface area contributed by atoms with Gasteiger partial charge in [0.2, 0.25) is 0 Å². The fourth-order valence-electron chi connectivity index (χ4n) is 2.55. The van der Waals surface area contributed by atoms with Gasteiger partial charge in [-0.05, 0) is 54.5 Å². The van der Waals surface area contributed by atoms with Crippen LogP contribution < -0.4 is 0 Å². The number of nitriles is 1. The Kier molecular flexibility index (Phi) is 6.05. The van der Waals surface area contributed by atoms with Crippen LogP contribution in [0.4, 0.5) is 13.2 Å². The van der Waals surface area contributed by atoms with E-state index >= 15 is 0 Å². The molecule has 154 valence electrons. The predicted octanol–water partition coefficient (Wildman–Crippen LogP) is 5.27. The van der Waals surface area contributed by atoms with Gasteiger partial charge in [0.1, 0.15) is 16.0 Å². The second kappa shape index (κ2) is 8.38. The van der Waals surface area contributed by atoms with Crippen molar-refractivity contribution in [2.75, 3.05) is 0 Å². The summed E-state index contributed by atoms with van der Waals surface area (Å²) < 4.78 is 66.8. The quantitative estimate of drug-likeness (QED) is 0.468. The number of aryl methyl sites for hydroxylation is 1. The fourth-order valence-corrected chi connectivity index (χ4v) is 4.16. The first-order chi connectivity index (χ1) is 14.1. The van der Waals surface area contributed by atoms with Gasteiger partial charge in [0.05, 0.1) is 11.1 Å². The molecule has 0 saturated carbocycles. The van der Waals surface area contributed by atoms with Gasteiger partial charge < -0.3 is 0 Å². The first kappa shape index (κ1) is 21.7. The summed E-state index contributed by atoms with van der Waals surface area (Å²) in [5.74, 6) is 0. The Morgan fingerprint density at radius 3 is 2.37 bits per heavy atom. The highest BCUT2D eigenvalue weighted by Crippen LogP contribution is 2.35. The van der Waals surface area contributed by atoms with Crippen LogP contribution in [0.1, 0.15) is 16.7 Å². The highest BCUT2D eigenvalue weighted by molar-refractivity contribution is 8.18. The van der Waals surface area contributed by atoms with Gasteiger partial charge in [-0.15, -0.1) is 0 Å². The van der Waals surface area contributed by atoms with Crippen LogP contribution in [0.25, 0.3) is 5.57 Å². The Morgan fingerprint density at radius 2 is 1.77 bits per heavy atom. The summed E-state index contributed by atoms with van der Waals surface area (Å²) in [7, 11) is -4.40. The summed E-state index contributed by atoms with van der Waals surface area (Å²) in [5.41, 5.74) is 1.08. The number of oxime groups is 1. The van der Waals surface area contributed by atoms with E-state index < -0.39 is 26.8 Å². The van der Waals surface area contributed by atoms with E-state index in [2.05, 4.69) is 15.5 Å². The van der Waals surface area contributed by atoms with E-state index in [9.17, 15) is 26.9 Å². The molecular weight excluding hydrogens is 437 g/mol. The van der Waals surface area contributed by atoms with E-state index in [0.29, 0.717) is 22.6 Å². The molecule has 5 nitrogen and oxygen atoms in total. The number of nitrogens with zero attached hydrogens (tertiary/aromatic N) is 2. The van der Waals surface area contributed by atoms with Crippen molar-refractivity contribution >= 4 is 32.5 Å². The smallest absolute Gasteiger partial charge is 0.264 e.